The van der Waals surface area contributed by atoms with E-state index in [4.69, 9.17) is 5.26 Å². The van der Waals surface area contributed by atoms with Crippen LogP contribution in [0.2, 0.25) is 0 Å². The minimum absolute atomic E-state index is 0.939. The molecule has 4 nitrogen and oxygen atoms in total. The predicted molar refractivity (Wildman–Crippen MR) is 62.8 cm³/mol. The first-order valence-electron chi connectivity index (χ1n) is 5.36. The van der Waals surface area contributed by atoms with Crippen LogP contribution < -0.4 is 4.90 Å². The quantitative estimate of drug-likeness (QED) is 0.695. The van der Waals surface area contributed by atoms with Crippen LogP contribution in [0.3, 0.4) is 0 Å². The summed E-state index contributed by atoms with van der Waals surface area (Å²) in [4.78, 5) is 8.74. The number of aromatic nitrogens is 1. The Morgan fingerprint density at radius 2 is 2.06 bits per heavy atom. The lowest BCUT2D eigenvalue weighted by atomic mass is 10.3. The first-order chi connectivity index (χ1) is 7.90. The Hall–Kier alpha value is -2.02. The second kappa shape index (κ2) is 5.17. The van der Waals surface area contributed by atoms with Gasteiger partial charge in [0.2, 0.25) is 0 Å². The highest BCUT2D eigenvalue weighted by Gasteiger charge is 2.14. The minimum Gasteiger partial charge on any atom is -0.373 e. The number of pyridine rings is 1. The molecule has 0 saturated carbocycles. The highest BCUT2D eigenvalue weighted by atomic mass is 15.3. The molecule has 0 unspecified atom stereocenters. The van der Waals surface area contributed by atoms with Crippen molar-refractivity contribution in [1.29, 1.82) is 5.26 Å². The summed E-state index contributed by atoms with van der Waals surface area (Å²) in [6, 6.07) is 7.97. The molecular weight excluding hydrogens is 200 g/mol. The maximum absolute atomic E-state index is 8.44. The topological polar surface area (TPSA) is 43.2 Å². The SMILES string of the molecule is N#CC=CN1CCN(c2ccccn2)CC1. The van der Waals surface area contributed by atoms with Gasteiger partial charge < -0.3 is 9.80 Å². The van der Waals surface area contributed by atoms with E-state index in [9.17, 15) is 0 Å². The second-order valence-electron chi connectivity index (χ2n) is 3.66. The summed E-state index contributed by atoms with van der Waals surface area (Å²) in [6.45, 7) is 3.78. The Labute approximate surface area is 95.4 Å². The van der Waals surface area contributed by atoms with E-state index < -0.39 is 0 Å². The monoisotopic (exact) mass is 214 g/mol. The van der Waals surface area contributed by atoms with Crippen LogP contribution in [0.25, 0.3) is 0 Å². The lowest BCUT2D eigenvalue weighted by Gasteiger charge is -2.34. The Kier molecular flexibility index (Phi) is 3.39. The molecule has 1 aliphatic heterocycles. The summed E-state index contributed by atoms with van der Waals surface area (Å²) >= 11 is 0. The highest BCUT2D eigenvalue weighted by Crippen LogP contribution is 2.12. The van der Waals surface area contributed by atoms with Crippen LogP contribution in [0.4, 0.5) is 5.82 Å². The van der Waals surface area contributed by atoms with Crippen molar-refractivity contribution in [3.63, 3.8) is 0 Å². The zero-order valence-electron chi connectivity index (χ0n) is 9.08. The zero-order valence-corrected chi connectivity index (χ0v) is 9.08. The molecule has 1 aromatic heterocycles. The van der Waals surface area contributed by atoms with Gasteiger partial charge in [0.1, 0.15) is 5.82 Å². The van der Waals surface area contributed by atoms with E-state index in [2.05, 4.69) is 14.8 Å². The van der Waals surface area contributed by atoms with Gasteiger partial charge in [-0.2, -0.15) is 5.26 Å². The van der Waals surface area contributed by atoms with Gasteiger partial charge in [0.05, 0.1) is 6.07 Å². The first-order valence-corrected chi connectivity index (χ1v) is 5.36. The number of rotatable bonds is 2. The molecule has 1 aliphatic rings. The van der Waals surface area contributed by atoms with Crippen molar-refractivity contribution in [2.45, 2.75) is 0 Å². The average molecular weight is 214 g/mol. The molecule has 0 radical (unpaired) electrons. The fourth-order valence-corrected chi connectivity index (χ4v) is 1.78. The van der Waals surface area contributed by atoms with Gasteiger partial charge in [-0.25, -0.2) is 4.98 Å². The Morgan fingerprint density at radius 3 is 2.69 bits per heavy atom. The van der Waals surface area contributed by atoms with Gasteiger partial charge in [-0.05, 0) is 12.1 Å². The molecule has 2 rings (SSSR count). The number of nitrogens with zero attached hydrogens (tertiary/aromatic N) is 4. The molecular formula is C12H14N4. The van der Waals surface area contributed by atoms with E-state index in [-0.39, 0.29) is 0 Å². The fraction of sp³-hybridized carbons (Fsp3) is 0.333. The van der Waals surface area contributed by atoms with E-state index in [0.717, 1.165) is 32.0 Å². The van der Waals surface area contributed by atoms with Crippen LogP contribution >= 0.6 is 0 Å². The third-order valence-corrected chi connectivity index (χ3v) is 2.65. The molecule has 1 saturated heterocycles. The van der Waals surface area contributed by atoms with Crippen LogP contribution in [0, 0.1) is 11.3 Å². The molecule has 16 heavy (non-hydrogen) atoms. The molecule has 0 bridgehead atoms. The van der Waals surface area contributed by atoms with Crippen LogP contribution in [-0.2, 0) is 0 Å². The van der Waals surface area contributed by atoms with Crippen molar-refractivity contribution in [3.8, 4) is 6.07 Å². The second-order valence-corrected chi connectivity index (χ2v) is 3.66. The minimum atomic E-state index is 0.939. The van der Waals surface area contributed by atoms with Crippen LogP contribution in [-0.4, -0.2) is 36.1 Å². The lowest BCUT2D eigenvalue weighted by molar-refractivity contribution is 0.348. The summed E-state index contributed by atoms with van der Waals surface area (Å²) < 4.78 is 0. The normalized spacial score (nSPS) is 16.4. The van der Waals surface area contributed by atoms with Crippen molar-refractivity contribution in [3.05, 3.63) is 36.7 Å². The van der Waals surface area contributed by atoms with Crippen LogP contribution in [0.5, 0.6) is 0 Å². The van der Waals surface area contributed by atoms with Gasteiger partial charge in [0.15, 0.2) is 0 Å². The number of hydrogen-bond donors (Lipinski definition) is 0. The van der Waals surface area contributed by atoms with Crippen molar-refractivity contribution >= 4 is 5.82 Å². The summed E-state index contributed by atoms with van der Waals surface area (Å²) in [5.41, 5.74) is 0. The zero-order chi connectivity index (χ0) is 11.2. The maximum atomic E-state index is 8.44. The van der Waals surface area contributed by atoms with Crippen molar-refractivity contribution in [2.24, 2.45) is 0 Å². The molecule has 0 N–H and O–H groups in total. The van der Waals surface area contributed by atoms with Crippen LogP contribution in [0.15, 0.2) is 36.7 Å². The number of piperazine rings is 1. The number of anilines is 1. The standard InChI is InChI=1S/C12H14N4/c13-5-3-7-15-8-10-16(11-9-15)12-4-1-2-6-14-12/h1-4,6-7H,8-11H2. The molecule has 1 fully saturated rings. The lowest BCUT2D eigenvalue weighted by Crippen LogP contribution is -2.44. The van der Waals surface area contributed by atoms with Gasteiger partial charge in [-0.15, -0.1) is 0 Å². The maximum Gasteiger partial charge on any atom is 0.128 e. The molecule has 4 heteroatoms. The molecule has 0 aromatic carbocycles. The summed E-state index contributed by atoms with van der Waals surface area (Å²) in [5, 5.41) is 8.44. The third kappa shape index (κ3) is 2.51. The summed E-state index contributed by atoms with van der Waals surface area (Å²) in [6.07, 6.45) is 5.20. The van der Waals surface area contributed by atoms with E-state index in [1.165, 1.54) is 6.08 Å². The number of allylic oxidation sites excluding steroid dienone is 1. The molecule has 0 aliphatic carbocycles. The Balaban J connectivity index is 1.91. The molecule has 0 spiro atoms. The van der Waals surface area contributed by atoms with E-state index in [0.29, 0.717) is 0 Å². The van der Waals surface area contributed by atoms with E-state index >= 15 is 0 Å². The Morgan fingerprint density at radius 1 is 1.25 bits per heavy atom. The molecule has 0 amide bonds. The highest BCUT2D eigenvalue weighted by molar-refractivity contribution is 5.38. The van der Waals surface area contributed by atoms with E-state index in [1.54, 1.807) is 0 Å². The van der Waals surface area contributed by atoms with Crippen molar-refractivity contribution < 1.29 is 0 Å². The first kappa shape index (κ1) is 10.5. The smallest absolute Gasteiger partial charge is 0.128 e. The summed E-state index contributed by atoms with van der Waals surface area (Å²) in [7, 11) is 0. The van der Waals surface area contributed by atoms with Crippen molar-refractivity contribution in [2.75, 3.05) is 31.1 Å². The molecule has 2 heterocycles. The number of hydrogen-bond acceptors (Lipinski definition) is 4. The third-order valence-electron chi connectivity index (χ3n) is 2.65. The summed E-state index contributed by atoms with van der Waals surface area (Å²) in [5.74, 6) is 1.03. The van der Waals surface area contributed by atoms with Gasteiger partial charge in [0.25, 0.3) is 0 Å². The Bertz CT molecular complexity index is 385. The van der Waals surface area contributed by atoms with Crippen LogP contribution in [0.1, 0.15) is 0 Å². The molecule has 0 atom stereocenters. The van der Waals surface area contributed by atoms with E-state index in [1.807, 2.05) is 36.7 Å². The predicted octanol–water partition coefficient (Wildman–Crippen LogP) is 1.24. The molecule has 1 aromatic rings. The average Bonchev–Trinajstić information content (AvgIpc) is 2.38. The van der Waals surface area contributed by atoms with Gasteiger partial charge in [-0.3, -0.25) is 0 Å². The molecule has 82 valence electrons. The fourth-order valence-electron chi connectivity index (χ4n) is 1.78. The van der Waals surface area contributed by atoms with Crippen molar-refractivity contribution in [1.82, 2.24) is 9.88 Å². The largest absolute Gasteiger partial charge is 0.373 e. The number of nitriles is 1. The van der Waals surface area contributed by atoms with Gasteiger partial charge in [0, 0.05) is 44.7 Å². The van der Waals surface area contributed by atoms with Gasteiger partial charge in [-0.1, -0.05) is 6.07 Å². The van der Waals surface area contributed by atoms with Gasteiger partial charge >= 0.3 is 0 Å².